The summed E-state index contributed by atoms with van der Waals surface area (Å²) in [5.41, 5.74) is 25.4. The van der Waals surface area contributed by atoms with Crippen LogP contribution in [0.3, 0.4) is 0 Å². The Hall–Kier alpha value is -6.08. The largest absolute Gasteiger partial charge is 0.0622 e. The first-order valence-electron chi connectivity index (χ1n) is 27.7. The number of rotatable bonds is 12. The number of hydrogen-bond donors (Lipinski definition) is 4. The number of halogens is 3. The minimum Gasteiger partial charge on any atom is -0.0622 e. The molecule has 0 fully saturated rings. The zero-order valence-electron chi connectivity index (χ0n) is 51.5. The molecule has 0 aliphatic rings. The first-order chi connectivity index (χ1) is 41.4. The number of nitrogens with zero attached hydrogens (tertiary/aromatic N) is 3. The van der Waals surface area contributed by atoms with Crippen LogP contribution in [0, 0.1) is 45.0 Å². The van der Waals surface area contributed by atoms with Gasteiger partial charge in [0.2, 0.25) is 0 Å². The topological polar surface area (TPSA) is 108 Å². The Balaban J connectivity index is 0.000000357. The molecule has 13 heteroatoms. The van der Waals surface area contributed by atoms with Crippen LogP contribution in [0.5, 0.6) is 0 Å². The summed E-state index contributed by atoms with van der Waals surface area (Å²) in [6, 6.07) is 82.7. The van der Waals surface area contributed by atoms with E-state index < -0.39 is 15.8 Å². The van der Waals surface area contributed by atoms with Crippen molar-refractivity contribution in [1.29, 1.82) is 0 Å². The van der Waals surface area contributed by atoms with E-state index in [1.54, 1.807) is 0 Å². The van der Waals surface area contributed by atoms with Crippen LogP contribution >= 0.6 is 50.8 Å². The number of aryl methyl sites for hydroxylation is 4. The van der Waals surface area contributed by atoms with Crippen molar-refractivity contribution < 1.29 is 21.0 Å². The summed E-state index contributed by atoms with van der Waals surface area (Å²) in [6.45, 7) is 8.77. The predicted molar refractivity (Wildman–Crippen MR) is 384 cm³/mol. The summed E-state index contributed by atoms with van der Waals surface area (Å²) in [5.74, 6) is 8.65. The fourth-order valence-corrected chi connectivity index (χ4v) is 13.4. The van der Waals surface area contributed by atoms with Crippen molar-refractivity contribution in [1.82, 2.24) is 14.7 Å². The Labute approximate surface area is 544 Å². The van der Waals surface area contributed by atoms with Gasteiger partial charge in [-0.25, -0.2) is 0 Å². The maximum atomic E-state index is 7.00. The molecule has 0 radical (unpaired) electrons. The minimum atomic E-state index is -0.446. The van der Waals surface area contributed by atoms with E-state index >= 15 is 0 Å². The maximum absolute atomic E-state index is 7.00. The molecule has 0 saturated carbocycles. The number of hydrogen-bond acceptors (Lipinski definition) is 7. The number of nitrogen functional groups attached to an aromatic ring is 3. The molecule has 9 aromatic carbocycles. The predicted octanol–water partition coefficient (Wildman–Crippen LogP) is 14.0. The van der Waals surface area contributed by atoms with Crippen LogP contribution in [-0.4, -0.2) is 88.8 Å². The van der Waals surface area contributed by atoms with Crippen LogP contribution in [0.25, 0.3) is 0 Å². The van der Waals surface area contributed by atoms with Crippen LogP contribution < -0.4 is 49.0 Å². The molecule has 456 valence electrons. The molecule has 0 unspecified atom stereocenters. The molecule has 7 N–H and O–H groups in total. The van der Waals surface area contributed by atoms with Crippen LogP contribution in [0.4, 0.5) is 17.1 Å². The number of aliphatic hydroxyl groups excluding tert-OH is 1. The third kappa shape index (κ3) is 33.7. The Morgan fingerprint density at radius 1 is 0.453 bits per heavy atom. The molecule has 0 saturated heterocycles. The SMILES string of the molecule is C#CCN(C)C.CO.Cc1cc(N)cc(Br)c1.Cc1cc(N)cc(C#CCN(C)C)c1.Cc1cc(N)cc(CCCN(C)C)c1.[Cl][Pd][Cl].c1ccc(P(c2ccccc2)c2ccccc2)cc1.c1ccc(P(c2ccccc2)c2ccccc2)cc1. The Morgan fingerprint density at radius 2 is 0.767 bits per heavy atom. The quantitative estimate of drug-likeness (QED) is 0.0418. The van der Waals surface area contributed by atoms with Gasteiger partial charge in [-0.1, -0.05) is 222 Å². The van der Waals surface area contributed by atoms with Crippen LogP contribution in [0.15, 0.2) is 241 Å². The molecule has 9 rings (SSSR count). The minimum absolute atomic E-state index is 0.106. The summed E-state index contributed by atoms with van der Waals surface area (Å²) in [4.78, 5) is 6.19. The van der Waals surface area contributed by atoms with Gasteiger partial charge in [0.05, 0.1) is 13.1 Å². The van der Waals surface area contributed by atoms with Gasteiger partial charge in [0.25, 0.3) is 0 Å². The normalized spacial score (nSPS) is 9.93. The second-order valence-corrected chi connectivity index (χ2v) is 27.8. The van der Waals surface area contributed by atoms with Crippen LogP contribution in [0.1, 0.15) is 34.2 Å². The maximum Gasteiger partial charge on any atom is -0.0134 e. The molecule has 0 atom stereocenters. The number of anilines is 3. The first kappa shape index (κ1) is 76.0. The van der Waals surface area contributed by atoms with Crippen molar-refractivity contribution in [2.45, 2.75) is 33.6 Å². The van der Waals surface area contributed by atoms with Gasteiger partial charge >= 0.3 is 35.0 Å². The van der Waals surface area contributed by atoms with Crippen molar-refractivity contribution in [2.75, 3.05) is 86.2 Å². The average Bonchev–Trinajstić information content (AvgIpc) is 3.26. The summed E-state index contributed by atoms with van der Waals surface area (Å²) < 4.78 is 1.04. The molecular formula is C73H87BrCl2N6OP2Pd. The second-order valence-electron chi connectivity index (χ2n) is 20.1. The fourth-order valence-electron chi connectivity index (χ4n) is 8.13. The van der Waals surface area contributed by atoms with E-state index in [1.165, 1.54) is 54.9 Å². The average molecular weight is 1380 g/mol. The number of terminal acetylenes is 1. The summed E-state index contributed by atoms with van der Waals surface area (Å²) in [5, 5.41) is 15.4. The van der Waals surface area contributed by atoms with Crippen LogP contribution in [0.2, 0.25) is 0 Å². The molecule has 0 aromatic heterocycles. The van der Waals surface area contributed by atoms with E-state index in [4.69, 9.17) is 47.8 Å². The van der Waals surface area contributed by atoms with E-state index in [9.17, 15) is 0 Å². The molecule has 0 spiro atoms. The second kappa shape index (κ2) is 46.1. The smallest absolute Gasteiger partial charge is 0.0134 e. The monoisotopic (exact) mass is 1380 g/mol. The molecule has 7 nitrogen and oxygen atoms in total. The van der Waals surface area contributed by atoms with E-state index in [2.05, 4.69) is 254 Å². The van der Waals surface area contributed by atoms with Crippen molar-refractivity contribution in [2.24, 2.45) is 0 Å². The Bertz CT molecular complexity index is 2900. The van der Waals surface area contributed by atoms with Crippen molar-refractivity contribution in [3.63, 3.8) is 0 Å². The van der Waals surface area contributed by atoms with E-state index in [1.807, 2.05) is 94.3 Å². The number of aliphatic hydroxyl groups is 1. The van der Waals surface area contributed by atoms with E-state index in [-0.39, 0.29) is 15.9 Å². The third-order valence-electron chi connectivity index (χ3n) is 11.5. The third-order valence-corrected chi connectivity index (χ3v) is 16.9. The summed E-state index contributed by atoms with van der Waals surface area (Å²) >= 11 is 3.23. The van der Waals surface area contributed by atoms with Gasteiger partial charge in [-0.2, -0.15) is 0 Å². The van der Waals surface area contributed by atoms with E-state index in [0.29, 0.717) is 0 Å². The molecule has 0 amide bonds. The summed E-state index contributed by atoms with van der Waals surface area (Å²) in [7, 11) is 21.8. The molecule has 0 bridgehead atoms. The molecule has 9 aromatic rings. The van der Waals surface area contributed by atoms with Crippen molar-refractivity contribution >= 4 is 99.7 Å². The Morgan fingerprint density at radius 3 is 1.03 bits per heavy atom. The van der Waals surface area contributed by atoms with Gasteiger partial charge in [-0.15, -0.1) is 6.42 Å². The van der Waals surface area contributed by atoms with Gasteiger partial charge in [0.15, 0.2) is 0 Å². The fraction of sp³-hybridized carbons (Fsp3) is 0.205. The van der Waals surface area contributed by atoms with Gasteiger partial charge < -0.3 is 27.2 Å². The van der Waals surface area contributed by atoms with Gasteiger partial charge in [-0.3, -0.25) is 9.80 Å². The van der Waals surface area contributed by atoms with E-state index in [0.717, 1.165) is 65.8 Å². The van der Waals surface area contributed by atoms with Crippen molar-refractivity contribution in [3.05, 3.63) is 269 Å². The Kier molecular flexibility index (Phi) is 40.8. The standard InChI is InChI=1S/2C18H15P.C12H20N2.C12H16N2.C7H8BrN.C5H9N.CH4O.2ClH.Pd/c2*1-4-10-16(11-5-1)19(17-12-6-2-7-13-17)18-14-8-3-9-15-18;2*1-10-7-11(9-12(13)8-10)5-4-6-14(2)3;1-5-2-6(8)4-7(9)3-5;1-4-5-6(2)3;1-2;;;/h2*1-15H;7-9H,4-6,13H2,1-3H3;7-9H,6,13H2,1-3H3;2-4H,9H2,1H3;1H,5H2,2-3H3;2H,1H3;2*1H;/q;;;;;;;;;+2/p-2. The number of nitrogens with two attached hydrogens (primary N) is 3. The first-order valence-corrected chi connectivity index (χ1v) is 35.2. The molecular weight excluding hydrogens is 1300 g/mol. The van der Waals surface area contributed by atoms with Crippen LogP contribution in [-0.2, 0) is 22.4 Å². The zero-order valence-corrected chi connectivity index (χ0v) is 57.9. The zero-order chi connectivity index (χ0) is 63.5. The molecule has 86 heavy (non-hydrogen) atoms. The van der Waals surface area contributed by atoms with Gasteiger partial charge in [0, 0.05) is 34.2 Å². The molecule has 0 heterocycles. The van der Waals surface area contributed by atoms with Gasteiger partial charge in [0.1, 0.15) is 0 Å². The van der Waals surface area contributed by atoms with Crippen molar-refractivity contribution in [3.8, 4) is 24.2 Å². The number of benzene rings is 9. The van der Waals surface area contributed by atoms with Gasteiger partial charge in [-0.05, 0) is 201 Å². The molecule has 0 aliphatic heterocycles. The molecule has 0 aliphatic carbocycles. The summed E-state index contributed by atoms with van der Waals surface area (Å²) in [6.07, 6.45) is 7.24.